The van der Waals surface area contributed by atoms with Crippen LogP contribution in [0.1, 0.15) is 48.8 Å². The summed E-state index contributed by atoms with van der Waals surface area (Å²) in [4.78, 5) is 11.6. The number of carboxylic acids is 1. The Kier molecular flexibility index (Phi) is 2.69. The summed E-state index contributed by atoms with van der Waals surface area (Å²) in [6, 6.07) is 6.61. The summed E-state index contributed by atoms with van der Waals surface area (Å²) in [6.45, 7) is 2.10. The van der Waals surface area contributed by atoms with E-state index in [1.165, 1.54) is 29.5 Å². The van der Waals surface area contributed by atoms with Crippen molar-refractivity contribution in [3.63, 3.8) is 0 Å². The van der Waals surface area contributed by atoms with Crippen LogP contribution in [0.2, 0.25) is 0 Å². The monoisotopic (exact) mass is 244 g/mol. The lowest BCUT2D eigenvalue weighted by atomic mass is 9.62. The van der Waals surface area contributed by atoms with Crippen LogP contribution in [0.3, 0.4) is 0 Å². The van der Waals surface area contributed by atoms with Gasteiger partial charge in [0.25, 0.3) is 0 Å². The number of aryl methyl sites for hydroxylation is 2. The fraction of sp³-hybridized carbons (Fsp3) is 0.562. The summed E-state index contributed by atoms with van der Waals surface area (Å²) in [6.07, 6.45) is 6.20. The molecule has 2 nitrogen and oxygen atoms in total. The van der Waals surface area contributed by atoms with Crippen molar-refractivity contribution in [3.05, 3.63) is 34.9 Å². The maximum atomic E-state index is 11.6. The van der Waals surface area contributed by atoms with Crippen molar-refractivity contribution in [2.45, 2.75) is 50.9 Å². The van der Waals surface area contributed by atoms with E-state index in [-0.39, 0.29) is 11.3 Å². The summed E-state index contributed by atoms with van der Waals surface area (Å²) in [5, 5.41) is 9.56. The van der Waals surface area contributed by atoms with Crippen molar-refractivity contribution in [2.24, 2.45) is 5.92 Å². The van der Waals surface area contributed by atoms with Crippen LogP contribution in [-0.2, 0) is 16.6 Å². The van der Waals surface area contributed by atoms with Crippen LogP contribution in [-0.4, -0.2) is 11.1 Å². The molecule has 1 unspecified atom stereocenters. The molecule has 18 heavy (non-hydrogen) atoms. The molecule has 0 bridgehead atoms. The minimum atomic E-state index is -0.593. The topological polar surface area (TPSA) is 37.3 Å². The zero-order valence-electron chi connectivity index (χ0n) is 10.9. The zero-order chi connectivity index (χ0) is 12.8. The Morgan fingerprint density at radius 2 is 2.06 bits per heavy atom. The third-order valence-corrected chi connectivity index (χ3v) is 4.97. The van der Waals surface area contributed by atoms with Gasteiger partial charge in [-0.3, -0.25) is 4.79 Å². The summed E-state index contributed by atoms with van der Waals surface area (Å²) < 4.78 is 0. The van der Waals surface area contributed by atoms with Crippen LogP contribution >= 0.6 is 0 Å². The van der Waals surface area contributed by atoms with Gasteiger partial charge < -0.3 is 5.11 Å². The van der Waals surface area contributed by atoms with E-state index in [0.29, 0.717) is 0 Å². The molecule has 0 radical (unpaired) electrons. The van der Waals surface area contributed by atoms with Crippen LogP contribution in [0.4, 0.5) is 0 Å². The third kappa shape index (κ3) is 1.58. The molecule has 96 valence electrons. The van der Waals surface area contributed by atoms with Gasteiger partial charge in [0.15, 0.2) is 0 Å². The molecule has 2 aliphatic rings. The quantitative estimate of drug-likeness (QED) is 0.821. The van der Waals surface area contributed by atoms with E-state index in [1.54, 1.807) is 0 Å². The molecule has 1 N–H and O–H groups in total. The van der Waals surface area contributed by atoms with E-state index in [0.717, 1.165) is 25.7 Å². The predicted molar refractivity (Wildman–Crippen MR) is 70.8 cm³/mol. The first-order chi connectivity index (χ1) is 8.63. The van der Waals surface area contributed by atoms with Crippen molar-refractivity contribution in [1.82, 2.24) is 0 Å². The van der Waals surface area contributed by atoms with Gasteiger partial charge in [0.1, 0.15) is 0 Å². The van der Waals surface area contributed by atoms with Gasteiger partial charge in [-0.1, -0.05) is 36.6 Å². The number of hydrogen-bond donors (Lipinski definition) is 1. The first-order valence-corrected chi connectivity index (χ1v) is 6.96. The average Bonchev–Trinajstić information content (AvgIpc) is 2.80. The van der Waals surface area contributed by atoms with Crippen molar-refractivity contribution >= 4 is 5.97 Å². The molecule has 3 rings (SSSR count). The van der Waals surface area contributed by atoms with Gasteiger partial charge in [-0.25, -0.2) is 0 Å². The van der Waals surface area contributed by atoms with E-state index < -0.39 is 5.97 Å². The fourth-order valence-electron chi connectivity index (χ4n) is 4.12. The minimum Gasteiger partial charge on any atom is -0.481 e. The molecule has 1 aromatic carbocycles. The van der Waals surface area contributed by atoms with E-state index in [9.17, 15) is 9.90 Å². The highest BCUT2D eigenvalue weighted by Gasteiger charge is 2.49. The maximum absolute atomic E-state index is 11.6. The largest absolute Gasteiger partial charge is 0.481 e. The Labute approximate surface area is 108 Å². The number of aliphatic carboxylic acids is 1. The van der Waals surface area contributed by atoms with Crippen LogP contribution in [0, 0.1) is 12.8 Å². The zero-order valence-corrected chi connectivity index (χ0v) is 10.9. The number of benzene rings is 1. The standard InChI is InChI=1S/C16H20O2/c1-11-4-5-12-6-7-13(15(17)18)16(14(12)10-11)8-2-3-9-16/h4-5,10,13H,2-3,6-9H2,1H3,(H,17,18). The molecule has 1 atom stereocenters. The summed E-state index contributed by atoms with van der Waals surface area (Å²) in [5.74, 6) is -0.765. The number of carbonyl (C=O) groups is 1. The van der Waals surface area contributed by atoms with E-state index in [2.05, 4.69) is 25.1 Å². The van der Waals surface area contributed by atoms with Crippen LogP contribution in [0.15, 0.2) is 18.2 Å². The van der Waals surface area contributed by atoms with Crippen molar-refractivity contribution in [3.8, 4) is 0 Å². The average molecular weight is 244 g/mol. The van der Waals surface area contributed by atoms with Crippen molar-refractivity contribution in [2.75, 3.05) is 0 Å². The van der Waals surface area contributed by atoms with Crippen LogP contribution < -0.4 is 0 Å². The second-order valence-corrected chi connectivity index (χ2v) is 5.95. The van der Waals surface area contributed by atoms with Gasteiger partial charge >= 0.3 is 5.97 Å². The predicted octanol–water partition coefficient (Wildman–Crippen LogP) is 3.45. The molecule has 0 aliphatic heterocycles. The number of rotatable bonds is 1. The lowest BCUT2D eigenvalue weighted by Crippen LogP contribution is -2.41. The molecule has 0 saturated heterocycles. The molecule has 1 fully saturated rings. The van der Waals surface area contributed by atoms with Gasteiger partial charge in [-0.05, 0) is 43.7 Å². The fourth-order valence-corrected chi connectivity index (χ4v) is 4.12. The first kappa shape index (κ1) is 11.8. The van der Waals surface area contributed by atoms with E-state index >= 15 is 0 Å². The van der Waals surface area contributed by atoms with Gasteiger partial charge in [0, 0.05) is 5.41 Å². The normalized spacial score (nSPS) is 25.1. The molecule has 0 heterocycles. The second kappa shape index (κ2) is 4.11. The summed E-state index contributed by atoms with van der Waals surface area (Å²) in [7, 11) is 0. The number of hydrogen-bond acceptors (Lipinski definition) is 1. The van der Waals surface area contributed by atoms with Gasteiger partial charge in [-0.2, -0.15) is 0 Å². The third-order valence-electron chi connectivity index (χ3n) is 4.97. The molecular formula is C16H20O2. The molecule has 2 aliphatic carbocycles. The highest BCUT2D eigenvalue weighted by atomic mass is 16.4. The maximum Gasteiger partial charge on any atom is 0.307 e. The summed E-state index contributed by atoms with van der Waals surface area (Å²) in [5.41, 5.74) is 3.93. The lowest BCUT2D eigenvalue weighted by Gasteiger charge is -2.41. The SMILES string of the molecule is Cc1ccc2c(c1)C1(CCCC1)C(C(=O)O)CC2. The Bertz CT molecular complexity index is 484. The molecule has 1 saturated carbocycles. The molecule has 1 spiro atoms. The molecule has 1 aromatic rings. The molecule has 2 heteroatoms. The number of carboxylic acid groups (broad SMARTS) is 1. The van der Waals surface area contributed by atoms with Gasteiger partial charge in [0.05, 0.1) is 5.92 Å². The van der Waals surface area contributed by atoms with E-state index in [4.69, 9.17) is 0 Å². The Balaban J connectivity index is 2.15. The lowest BCUT2D eigenvalue weighted by molar-refractivity contribution is -0.145. The highest BCUT2D eigenvalue weighted by Crippen LogP contribution is 2.52. The minimum absolute atomic E-state index is 0.0641. The molecular weight excluding hydrogens is 224 g/mol. The van der Waals surface area contributed by atoms with E-state index in [1.807, 2.05) is 0 Å². The Hall–Kier alpha value is -1.31. The molecule has 0 amide bonds. The second-order valence-electron chi connectivity index (χ2n) is 5.95. The Morgan fingerprint density at radius 3 is 2.72 bits per heavy atom. The van der Waals surface area contributed by atoms with Crippen molar-refractivity contribution in [1.29, 1.82) is 0 Å². The highest BCUT2D eigenvalue weighted by molar-refractivity contribution is 5.73. The first-order valence-electron chi connectivity index (χ1n) is 6.96. The molecule has 0 aromatic heterocycles. The van der Waals surface area contributed by atoms with Gasteiger partial charge in [0.2, 0.25) is 0 Å². The summed E-state index contributed by atoms with van der Waals surface area (Å²) >= 11 is 0. The number of fused-ring (bicyclic) bond motifs is 2. The van der Waals surface area contributed by atoms with Crippen LogP contribution in [0.5, 0.6) is 0 Å². The van der Waals surface area contributed by atoms with Crippen LogP contribution in [0.25, 0.3) is 0 Å². The smallest absolute Gasteiger partial charge is 0.307 e. The van der Waals surface area contributed by atoms with Gasteiger partial charge in [-0.15, -0.1) is 0 Å². The van der Waals surface area contributed by atoms with Crippen molar-refractivity contribution < 1.29 is 9.90 Å². The Morgan fingerprint density at radius 1 is 1.33 bits per heavy atom.